The Kier molecular flexibility index (Phi) is 5.08. The molecule has 2 heteroatoms. The van der Waals surface area contributed by atoms with Crippen molar-refractivity contribution in [2.75, 3.05) is 19.7 Å². The third-order valence-corrected chi connectivity index (χ3v) is 5.25. The minimum absolute atomic E-state index is 0.205. The molecule has 0 radical (unpaired) electrons. The Labute approximate surface area is 113 Å². The van der Waals surface area contributed by atoms with E-state index in [-0.39, 0.29) is 5.41 Å². The van der Waals surface area contributed by atoms with Gasteiger partial charge in [0.15, 0.2) is 0 Å². The largest absolute Gasteiger partial charge is 0.396 e. The summed E-state index contributed by atoms with van der Waals surface area (Å²) in [6.45, 7) is 7.50. The molecule has 1 heterocycles. The minimum Gasteiger partial charge on any atom is -0.396 e. The van der Waals surface area contributed by atoms with Gasteiger partial charge < -0.3 is 10.0 Å². The predicted molar refractivity (Wildman–Crippen MR) is 76.7 cm³/mol. The molecule has 0 aromatic carbocycles. The molecule has 0 bridgehead atoms. The number of hydrogen-bond acceptors (Lipinski definition) is 2. The average Bonchev–Trinajstić information content (AvgIpc) is 2.55. The van der Waals surface area contributed by atoms with E-state index in [9.17, 15) is 5.11 Å². The van der Waals surface area contributed by atoms with Gasteiger partial charge in [-0.2, -0.15) is 0 Å². The van der Waals surface area contributed by atoms with Gasteiger partial charge in [0.25, 0.3) is 0 Å². The van der Waals surface area contributed by atoms with Crippen molar-refractivity contribution in [3.8, 4) is 0 Å². The van der Waals surface area contributed by atoms with E-state index >= 15 is 0 Å². The van der Waals surface area contributed by atoms with E-state index < -0.39 is 0 Å². The third-order valence-electron chi connectivity index (χ3n) is 5.25. The van der Waals surface area contributed by atoms with Gasteiger partial charge in [0.1, 0.15) is 0 Å². The molecule has 18 heavy (non-hydrogen) atoms. The predicted octanol–water partition coefficient (Wildman–Crippen LogP) is 3.44. The lowest BCUT2D eigenvalue weighted by atomic mass is 9.70. The molecule has 1 aliphatic heterocycles. The van der Waals surface area contributed by atoms with Crippen LogP contribution in [-0.2, 0) is 0 Å². The maximum absolute atomic E-state index is 9.92. The summed E-state index contributed by atoms with van der Waals surface area (Å²) in [6.07, 6.45) is 10.6. The van der Waals surface area contributed by atoms with Crippen LogP contribution < -0.4 is 0 Å². The third kappa shape index (κ3) is 3.48. The van der Waals surface area contributed by atoms with Crippen LogP contribution in [0.4, 0.5) is 0 Å². The molecule has 1 saturated carbocycles. The van der Waals surface area contributed by atoms with E-state index in [1.807, 2.05) is 0 Å². The molecule has 2 aliphatic rings. The second-order valence-electron chi connectivity index (χ2n) is 7.03. The van der Waals surface area contributed by atoms with Gasteiger partial charge in [-0.1, -0.05) is 32.6 Å². The fourth-order valence-electron chi connectivity index (χ4n) is 4.11. The van der Waals surface area contributed by atoms with Gasteiger partial charge >= 0.3 is 0 Å². The standard InChI is InChI=1S/C16H31NO/c1-14-7-6-9-16(11-14,13-18)12-17-10-5-3-4-8-15(17)2/h14-15,18H,3-13H2,1-2H3. The lowest BCUT2D eigenvalue weighted by Gasteiger charge is -2.43. The molecular formula is C16H31NO. The van der Waals surface area contributed by atoms with Crippen molar-refractivity contribution in [1.82, 2.24) is 4.90 Å². The summed E-state index contributed by atoms with van der Waals surface area (Å²) in [5.74, 6) is 0.799. The SMILES string of the molecule is CC1CCCC(CO)(CN2CCCCCC2C)C1. The van der Waals surface area contributed by atoms with Crippen molar-refractivity contribution < 1.29 is 5.11 Å². The first kappa shape index (κ1) is 14.3. The molecule has 1 aliphatic carbocycles. The second kappa shape index (κ2) is 6.38. The highest BCUT2D eigenvalue weighted by atomic mass is 16.3. The van der Waals surface area contributed by atoms with Crippen LogP contribution >= 0.6 is 0 Å². The molecule has 1 N–H and O–H groups in total. The first-order valence-corrected chi connectivity index (χ1v) is 8.00. The van der Waals surface area contributed by atoms with Gasteiger partial charge in [-0.25, -0.2) is 0 Å². The number of nitrogens with zero attached hydrogens (tertiary/aromatic N) is 1. The molecule has 2 fully saturated rings. The molecule has 2 nitrogen and oxygen atoms in total. The van der Waals surface area contributed by atoms with Crippen LogP contribution in [0, 0.1) is 11.3 Å². The zero-order valence-corrected chi connectivity index (χ0v) is 12.3. The summed E-state index contributed by atoms with van der Waals surface area (Å²) in [7, 11) is 0. The van der Waals surface area contributed by atoms with Gasteiger partial charge in [0, 0.05) is 24.6 Å². The quantitative estimate of drug-likeness (QED) is 0.833. The van der Waals surface area contributed by atoms with Gasteiger partial charge in [-0.05, 0) is 45.1 Å². The normalized spacial score (nSPS) is 39.5. The lowest BCUT2D eigenvalue weighted by molar-refractivity contribution is 0.0137. The molecule has 1 saturated heterocycles. The molecule has 3 atom stereocenters. The Morgan fingerprint density at radius 2 is 1.94 bits per heavy atom. The van der Waals surface area contributed by atoms with E-state index in [1.165, 1.54) is 57.9 Å². The minimum atomic E-state index is 0.205. The van der Waals surface area contributed by atoms with E-state index in [2.05, 4.69) is 18.7 Å². The van der Waals surface area contributed by atoms with Crippen molar-refractivity contribution in [3.05, 3.63) is 0 Å². The highest BCUT2D eigenvalue weighted by molar-refractivity contribution is 4.89. The average molecular weight is 253 g/mol. The van der Waals surface area contributed by atoms with Crippen molar-refractivity contribution in [1.29, 1.82) is 0 Å². The van der Waals surface area contributed by atoms with E-state index in [0.29, 0.717) is 12.6 Å². The lowest BCUT2D eigenvalue weighted by Crippen LogP contribution is -2.46. The fraction of sp³-hybridized carbons (Fsp3) is 1.00. The zero-order chi connectivity index (χ0) is 13.0. The van der Waals surface area contributed by atoms with Gasteiger partial charge in [-0.15, -0.1) is 0 Å². The Bertz CT molecular complexity index is 255. The summed E-state index contributed by atoms with van der Waals surface area (Å²) in [4.78, 5) is 2.67. The highest BCUT2D eigenvalue weighted by Gasteiger charge is 2.37. The van der Waals surface area contributed by atoms with Crippen LogP contribution in [0.1, 0.15) is 65.2 Å². The number of aliphatic hydroxyl groups is 1. The first-order valence-electron chi connectivity index (χ1n) is 8.00. The van der Waals surface area contributed by atoms with Crippen molar-refractivity contribution >= 4 is 0 Å². The summed E-state index contributed by atoms with van der Waals surface area (Å²) in [6, 6.07) is 0.716. The summed E-state index contributed by atoms with van der Waals surface area (Å²) >= 11 is 0. The summed E-state index contributed by atoms with van der Waals surface area (Å²) in [5.41, 5.74) is 0.205. The summed E-state index contributed by atoms with van der Waals surface area (Å²) in [5, 5.41) is 9.92. The van der Waals surface area contributed by atoms with Crippen molar-refractivity contribution in [3.63, 3.8) is 0 Å². The maximum Gasteiger partial charge on any atom is 0.0499 e. The van der Waals surface area contributed by atoms with Crippen molar-refractivity contribution in [2.45, 2.75) is 71.3 Å². The highest BCUT2D eigenvalue weighted by Crippen LogP contribution is 2.40. The Balaban J connectivity index is 1.99. The molecule has 3 unspecified atom stereocenters. The Morgan fingerprint density at radius 3 is 2.67 bits per heavy atom. The van der Waals surface area contributed by atoms with Crippen LogP contribution in [0.2, 0.25) is 0 Å². The second-order valence-corrected chi connectivity index (χ2v) is 7.03. The molecule has 0 spiro atoms. The number of rotatable bonds is 3. The van der Waals surface area contributed by atoms with Crippen LogP contribution in [-0.4, -0.2) is 35.7 Å². The molecular weight excluding hydrogens is 222 g/mol. The smallest absolute Gasteiger partial charge is 0.0499 e. The van der Waals surface area contributed by atoms with Crippen LogP contribution in [0.3, 0.4) is 0 Å². The van der Waals surface area contributed by atoms with E-state index in [1.54, 1.807) is 0 Å². The molecule has 2 rings (SSSR count). The number of likely N-dealkylation sites (tertiary alicyclic amines) is 1. The van der Waals surface area contributed by atoms with E-state index in [0.717, 1.165) is 12.5 Å². The van der Waals surface area contributed by atoms with Crippen LogP contribution in [0.25, 0.3) is 0 Å². The van der Waals surface area contributed by atoms with Crippen molar-refractivity contribution in [2.24, 2.45) is 11.3 Å². The van der Waals surface area contributed by atoms with Gasteiger partial charge in [0.2, 0.25) is 0 Å². The molecule has 0 aromatic rings. The zero-order valence-electron chi connectivity index (χ0n) is 12.3. The first-order chi connectivity index (χ1) is 8.65. The topological polar surface area (TPSA) is 23.5 Å². The van der Waals surface area contributed by atoms with Gasteiger partial charge in [0.05, 0.1) is 0 Å². The fourth-order valence-corrected chi connectivity index (χ4v) is 4.11. The Hall–Kier alpha value is -0.0800. The maximum atomic E-state index is 9.92. The van der Waals surface area contributed by atoms with Crippen LogP contribution in [0.15, 0.2) is 0 Å². The molecule has 0 aromatic heterocycles. The molecule has 106 valence electrons. The van der Waals surface area contributed by atoms with Gasteiger partial charge in [-0.3, -0.25) is 0 Å². The van der Waals surface area contributed by atoms with E-state index in [4.69, 9.17) is 0 Å². The number of aliphatic hydroxyl groups excluding tert-OH is 1. The molecule has 0 amide bonds. The summed E-state index contributed by atoms with van der Waals surface area (Å²) < 4.78 is 0. The number of hydrogen-bond donors (Lipinski definition) is 1. The Morgan fingerprint density at radius 1 is 1.11 bits per heavy atom. The van der Waals surface area contributed by atoms with Crippen LogP contribution in [0.5, 0.6) is 0 Å². The monoisotopic (exact) mass is 253 g/mol.